The van der Waals surface area contributed by atoms with Crippen LogP contribution in [0.1, 0.15) is 24.1 Å². The highest BCUT2D eigenvalue weighted by Crippen LogP contribution is 2.33. The SMILES string of the molecule is Fc1ccc(-n2c(-c3ccccc3)cc3c2CCCC3)cc1. The third-order valence-corrected chi connectivity index (χ3v) is 4.46. The van der Waals surface area contributed by atoms with Gasteiger partial charge in [-0.25, -0.2) is 4.39 Å². The maximum Gasteiger partial charge on any atom is 0.123 e. The molecule has 0 amide bonds. The molecule has 2 aromatic carbocycles. The molecule has 0 radical (unpaired) electrons. The van der Waals surface area contributed by atoms with Gasteiger partial charge < -0.3 is 4.57 Å². The monoisotopic (exact) mass is 291 g/mol. The third-order valence-electron chi connectivity index (χ3n) is 4.46. The Bertz CT molecular complexity index is 785. The molecule has 4 rings (SSSR count). The third kappa shape index (κ3) is 2.25. The summed E-state index contributed by atoms with van der Waals surface area (Å²) in [5.74, 6) is -0.189. The van der Waals surface area contributed by atoms with E-state index in [4.69, 9.17) is 0 Å². The summed E-state index contributed by atoms with van der Waals surface area (Å²) in [5.41, 5.74) is 6.29. The molecule has 1 aliphatic rings. The molecule has 0 saturated heterocycles. The molecule has 22 heavy (non-hydrogen) atoms. The van der Waals surface area contributed by atoms with Crippen molar-refractivity contribution in [3.8, 4) is 16.9 Å². The quantitative estimate of drug-likeness (QED) is 0.614. The Balaban J connectivity index is 1.94. The Morgan fingerprint density at radius 3 is 2.32 bits per heavy atom. The highest BCUT2D eigenvalue weighted by atomic mass is 19.1. The van der Waals surface area contributed by atoms with E-state index in [1.54, 1.807) is 12.1 Å². The van der Waals surface area contributed by atoms with Crippen LogP contribution in [0.5, 0.6) is 0 Å². The molecule has 1 heterocycles. The van der Waals surface area contributed by atoms with Crippen LogP contribution in [0, 0.1) is 5.82 Å². The van der Waals surface area contributed by atoms with E-state index < -0.39 is 0 Å². The summed E-state index contributed by atoms with van der Waals surface area (Å²) in [6, 6.07) is 19.6. The first-order chi connectivity index (χ1) is 10.8. The minimum atomic E-state index is -0.189. The largest absolute Gasteiger partial charge is 0.313 e. The lowest BCUT2D eigenvalue weighted by molar-refractivity contribution is 0.626. The summed E-state index contributed by atoms with van der Waals surface area (Å²) in [4.78, 5) is 0. The fourth-order valence-corrected chi connectivity index (χ4v) is 3.41. The van der Waals surface area contributed by atoms with Gasteiger partial charge in [0, 0.05) is 11.4 Å². The Kier molecular flexibility index (Phi) is 3.30. The summed E-state index contributed by atoms with van der Waals surface area (Å²) in [6.45, 7) is 0. The van der Waals surface area contributed by atoms with E-state index in [9.17, 15) is 4.39 Å². The topological polar surface area (TPSA) is 4.93 Å². The van der Waals surface area contributed by atoms with Gasteiger partial charge in [0.05, 0.1) is 5.69 Å². The molecule has 0 aliphatic heterocycles. The summed E-state index contributed by atoms with van der Waals surface area (Å²) >= 11 is 0. The predicted octanol–water partition coefficient (Wildman–Crippen LogP) is 5.16. The number of halogens is 1. The smallest absolute Gasteiger partial charge is 0.123 e. The van der Waals surface area contributed by atoms with Gasteiger partial charge in [-0.15, -0.1) is 0 Å². The number of rotatable bonds is 2. The van der Waals surface area contributed by atoms with Crippen molar-refractivity contribution in [1.82, 2.24) is 4.57 Å². The number of aromatic nitrogens is 1. The van der Waals surface area contributed by atoms with Gasteiger partial charge in [0.15, 0.2) is 0 Å². The van der Waals surface area contributed by atoms with Gasteiger partial charge in [0.2, 0.25) is 0 Å². The van der Waals surface area contributed by atoms with Crippen molar-refractivity contribution >= 4 is 0 Å². The van der Waals surface area contributed by atoms with Gasteiger partial charge in [0.25, 0.3) is 0 Å². The average Bonchev–Trinajstić information content (AvgIpc) is 2.96. The molecule has 0 unspecified atom stereocenters. The molecule has 1 aromatic heterocycles. The standard InChI is InChI=1S/C20H18FN/c21-17-10-12-18(13-11-17)22-19-9-5-4-8-16(19)14-20(22)15-6-2-1-3-7-15/h1-3,6-7,10-14H,4-5,8-9H2. The molecule has 0 N–H and O–H groups in total. The minimum Gasteiger partial charge on any atom is -0.313 e. The van der Waals surface area contributed by atoms with Crippen molar-refractivity contribution in [3.63, 3.8) is 0 Å². The van der Waals surface area contributed by atoms with Crippen LogP contribution in [0.15, 0.2) is 60.7 Å². The van der Waals surface area contributed by atoms with Crippen LogP contribution >= 0.6 is 0 Å². The maximum atomic E-state index is 13.3. The fraction of sp³-hybridized carbons (Fsp3) is 0.200. The second kappa shape index (κ2) is 5.45. The second-order valence-electron chi connectivity index (χ2n) is 5.89. The molecular weight excluding hydrogens is 273 g/mol. The highest BCUT2D eigenvalue weighted by Gasteiger charge is 2.19. The minimum absolute atomic E-state index is 0.189. The Morgan fingerprint density at radius 2 is 1.55 bits per heavy atom. The first-order valence-corrected chi connectivity index (χ1v) is 7.88. The first-order valence-electron chi connectivity index (χ1n) is 7.88. The summed E-state index contributed by atoms with van der Waals surface area (Å²) in [6.07, 6.45) is 4.73. The van der Waals surface area contributed by atoms with E-state index in [1.807, 2.05) is 18.2 Å². The lowest BCUT2D eigenvalue weighted by atomic mass is 9.98. The highest BCUT2D eigenvalue weighted by molar-refractivity contribution is 5.66. The van der Waals surface area contributed by atoms with Gasteiger partial charge in [-0.3, -0.25) is 0 Å². The van der Waals surface area contributed by atoms with Crippen molar-refractivity contribution < 1.29 is 4.39 Å². The summed E-state index contributed by atoms with van der Waals surface area (Å²) in [7, 11) is 0. The molecule has 0 bridgehead atoms. The fourth-order valence-electron chi connectivity index (χ4n) is 3.41. The number of hydrogen-bond acceptors (Lipinski definition) is 0. The van der Waals surface area contributed by atoms with Gasteiger partial charge >= 0.3 is 0 Å². The van der Waals surface area contributed by atoms with Gasteiger partial charge in [-0.1, -0.05) is 30.3 Å². The molecule has 0 saturated carbocycles. The molecule has 1 nitrogen and oxygen atoms in total. The molecule has 1 aliphatic carbocycles. The molecule has 2 heteroatoms. The van der Waals surface area contributed by atoms with E-state index in [2.05, 4.69) is 34.9 Å². The van der Waals surface area contributed by atoms with Crippen LogP contribution < -0.4 is 0 Å². The van der Waals surface area contributed by atoms with E-state index in [-0.39, 0.29) is 5.82 Å². The van der Waals surface area contributed by atoms with E-state index in [1.165, 1.54) is 35.4 Å². The number of nitrogens with zero attached hydrogens (tertiary/aromatic N) is 1. The van der Waals surface area contributed by atoms with Crippen molar-refractivity contribution in [3.05, 3.63) is 77.7 Å². The van der Waals surface area contributed by atoms with Crippen LogP contribution in [-0.4, -0.2) is 4.57 Å². The Labute approximate surface area is 130 Å². The summed E-state index contributed by atoms with van der Waals surface area (Å²) in [5, 5.41) is 0. The van der Waals surface area contributed by atoms with Crippen LogP contribution in [0.4, 0.5) is 4.39 Å². The number of fused-ring (bicyclic) bond motifs is 1. The summed E-state index contributed by atoms with van der Waals surface area (Å²) < 4.78 is 15.6. The zero-order chi connectivity index (χ0) is 14.9. The zero-order valence-corrected chi connectivity index (χ0v) is 12.4. The van der Waals surface area contributed by atoms with E-state index in [0.29, 0.717) is 0 Å². The first kappa shape index (κ1) is 13.3. The molecular formula is C20H18FN. The van der Waals surface area contributed by atoms with Crippen molar-refractivity contribution in [2.45, 2.75) is 25.7 Å². The van der Waals surface area contributed by atoms with Crippen molar-refractivity contribution in [2.24, 2.45) is 0 Å². The van der Waals surface area contributed by atoms with Crippen LogP contribution in [0.2, 0.25) is 0 Å². The molecule has 110 valence electrons. The molecule has 0 atom stereocenters. The van der Waals surface area contributed by atoms with Crippen molar-refractivity contribution in [1.29, 1.82) is 0 Å². The van der Waals surface area contributed by atoms with Crippen LogP contribution in [0.3, 0.4) is 0 Å². The molecule has 3 aromatic rings. The van der Waals surface area contributed by atoms with Gasteiger partial charge in [-0.2, -0.15) is 0 Å². The van der Waals surface area contributed by atoms with E-state index >= 15 is 0 Å². The maximum absolute atomic E-state index is 13.3. The number of aryl methyl sites for hydroxylation is 1. The lowest BCUT2D eigenvalue weighted by Crippen LogP contribution is -2.07. The Hall–Kier alpha value is -2.35. The lowest BCUT2D eigenvalue weighted by Gasteiger charge is -2.17. The van der Waals surface area contributed by atoms with E-state index in [0.717, 1.165) is 18.5 Å². The number of hydrogen-bond donors (Lipinski definition) is 0. The van der Waals surface area contributed by atoms with Crippen molar-refractivity contribution in [2.75, 3.05) is 0 Å². The Morgan fingerprint density at radius 1 is 0.818 bits per heavy atom. The van der Waals surface area contributed by atoms with Crippen LogP contribution in [0.25, 0.3) is 16.9 Å². The van der Waals surface area contributed by atoms with Gasteiger partial charge in [-0.05, 0) is 67.1 Å². The molecule has 0 spiro atoms. The zero-order valence-electron chi connectivity index (χ0n) is 12.4. The van der Waals surface area contributed by atoms with Gasteiger partial charge in [0.1, 0.15) is 5.82 Å². The average molecular weight is 291 g/mol. The van der Waals surface area contributed by atoms with Crippen LogP contribution in [-0.2, 0) is 12.8 Å². The normalized spacial score (nSPS) is 13.9. The second-order valence-corrected chi connectivity index (χ2v) is 5.89. The predicted molar refractivity (Wildman–Crippen MR) is 87.8 cm³/mol. The molecule has 0 fully saturated rings. The number of benzene rings is 2.